The summed E-state index contributed by atoms with van der Waals surface area (Å²) < 4.78 is 29.8. The number of anilines is 2. The van der Waals surface area contributed by atoms with Gasteiger partial charge in [-0.25, -0.2) is 13.4 Å². The number of hydrogen-bond acceptors (Lipinski definition) is 10. The molecular formula is C28H28N8O4S2. The lowest BCUT2D eigenvalue weighted by molar-refractivity contribution is -0.384. The van der Waals surface area contributed by atoms with E-state index in [4.69, 9.17) is 9.97 Å². The fraction of sp³-hybridized carbons (Fsp3) is 0.250. The molecular weight excluding hydrogens is 576 g/mol. The van der Waals surface area contributed by atoms with Gasteiger partial charge >= 0.3 is 0 Å². The van der Waals surface area contributed by atoms with Crippen LogP contribution in [0.2, 0.25) is 0 Å². The van der Waals surface area contributed by atoms with Crippen molar-refractivity contribution in [3.63, 3.8) is 0 Å². The molecule has 1 aliphatic heterocycles. The van der Waals surface area contributed by atoms with E-state index >= 15 is 0 Å². The average Bonchev–Trinajstić information content (AvgIpc) is 3.69. The SMILES string of the molecule is Cc1ccc(CNc2nc(N3CCN(S(=O)(=O)c4cccs4)CC3)nc3c2ncn3Cc2ccc([N+](=O)[O-])cc2)cc1. The fourth-order valence-electron chi connectivity index (χ4n) is 4.79. The van der Waals surface area contributed by atoms with Crippen LogP contribution >= 0.6 is 11.3 Å². The van der Waals surface area contributed by atoms with E-state index in [9.17, 15) is 18.5 Å². The molecule has 0 saturated carbocycles. The maximum atomic E-state index is 13.0. The highest BCUT2D eigenvalue weighted by molar-refractivity contribution is 7.91. The van der Waals surface area contributed by atoms with Crippen LogP contribution in [0.4, 0.5) is 17.5 Å². The van der Waals surface area contributed by atoms with Crippen LogP contribution in [0.25, 0.3) is 11.2 Å². The predicted octanol–water partition coefficient (Wildman–Crippen LogP) is 4.28. The van der Waals surface area contributed by atoms with Crippen LogP contribution in [0.5, 0.6) is 0 Å². The largest absolute Gasteiger partial charge is 0.364 e. The van der Waals surface area contributed by atoms with Crippen molar-refractivity contribution < 1.29 is 13.3 Å². The Kier molecular flexibility index (Phi) is 7.58. The molecule has 42 heavy (non-hydrogen) atoms. The van der Waals surface area contributed by atoms with Crippen LogP contribution in [-0.2, 0) is 23.1 Å². The molecule has 6 rings (SSSR count). The molecule has 12 nitrogen and oxygen atoms in total. The van der Waals surface area contributed by atoms with Crippen LogP contribution in [0.3, 0.4) is 0 Å². The lowest BCUT2D eigenvalue weighted by Gasteiger charge is -2.33. The van der Waals surface area contributed by atoms with Gasteiger partial charge in [-0.15, -0.1) is 11.3 Å². The summed E-state index contributed by atoms with van der Waals surface area (Å²) in [6, 6.07) is 18.0. The molecule has 3 aromatic heterocycles. The van der Waals surface area contributed by atoms with Gasteiger partial charge in [0, 0.05) is 44.9 Å². The quantitative estimate of drug-likeness (QED) is 0.193. The standard InChI is InChI=1S/C28H28N8O4S2/c1-20-4-6-21(7-5-20)17-29-26-25-27(34(19-30-25)18-22-8-10-23(11-9-22)36(37)38)32-28(31-26)33-12-14-35(15-13-33)42(39,40)24-3-2-16-41-24/h2-11,16,19H,12-15,17-18H2,1H3,(H,29,31,32). The van der Waals surface area contributed by atoms with E-state index in [0.717, 1.165) is 11.1 Å². The van der Waals surface area contributed by atoms with Crippen molar-refractivity contribution in [1.29, 1.82) is 0 Å². The van der Waals surface area contributed by atoms with Gasteiger partial charge in [0.25, 0.3) is 15.7 Å². The molecule has 4 heterocycles. The molecule has 0 amide bonds. The Balaban J connectivity index is 1.29. The summed E-state index contributed by atoms with van der Waals surface area (Å²) >= 11 is 1.21. The van der Waals surface area contributed by atoms with Crippen molar-refractivity contribution in [2.75, 3.05) is 36.4 Å². The Morgan fingerprint density at radius 2 is 1.69 bits per heavy atom. The molecule has 14 heteroatoms. The minimum Gasteiger partial charge on any atom is -0.364 e. The van der Waals surface area contributed by atoms with Gasteiger partial charge in [0.2, 0.25) is 5.95 Å². The van der Waals surface area contributed by atoms with E-state index in [1.165, 1.54) is 33.3 Å². The van der Waals surface area contributed by atoms with Gasteiger partial charge in [-0.05, 0) is 29.5 Å². The topological polar surface area (TPSA) is 139 Å². The predicted molar refractivity (Wildman–Crippen MR) is 161 cm³/mol. The zero-order valence-corrected chi connectivity index (χ0v) is 24.4. The minimum absolute atomic E-state index is 0.0293. The summed E-state index contributed by atoms with van der Waals surface area (Å²) in [6.45, 7) is 4.49. The maximum Gasteiger partial charge on any atom is 0.269 e. The summed E-state index contributed by atoms with van der Waals surface area (Å²) in [5.74, 6) is 1.05. The zero-order chi connectivity index (χ0) is 29.3. The molecule has 1 N–H and O–H groups in total. The fourth-order valence-corrected chi connectivity index (χ4v) is 7.36. The number of piperazine rings is 1. The number of nitro benzene ring substituents is 1. The number of nitrogens with one attached hydrogen (secondary N) is 1. The molecule has 216 valence electrons. The third-order valence-corrected chi connectivity index (χ3v) is 10.4. The summed E-state index contributed by atoms with van der Waals surface area (Å²) in [5, 5.41) is 16.2. The highest BCUT2D eigenvalue weighted by atomic mass is 32.2. The van der Waals surface area contributed by atoms with E-state index < -0.39 is 14.9 Å². The number of sulfonamides is 1. The molecule has 1 aliphatic rings. The molecule has 0 atom stereocenters. The number of rotatable bonds is 9. The zero-order valence-electron chi connectivity index (χ0n) is 22.8. The van der Waals surface area contributed by atoms with E-state index in [1.807, 2.05) is 16.4 Å². The number of nitro groups is 1. The van der Waals surface area contributed by atoms with Crippen LogP contribution < -0.4 is 10.2 Å². The molecule has 0 unspecified atom stereocenters. The first-order chi connectivity index (χ1) is 20.3. The number of imidazole rings is 1. The molecule has 2 aromatic carbocycles. The van der Waals surface area contributed by atoms with Crippen molar-refractivity contribution in [2.24, 2.45) is 0 Å². The van der Waals surface area contributed by atoms with E-state index in [-0.39, 0.29) is 5.69 Å². The summed E-state index contributed by atoms with van der Waals surface area (Å²) in [6.07, 6.45) is 1.69. The van der Waals surface area contributed by atoms with E-state index in [1.54, 1.807) is 36.0 Å². The third kappa shape index (κ3) is 5.68. The molecule has 5 aromatic rings. The van der Waals surface area contributed by atoms with Crippen molar-refractivity contribution in [1.82, 2.24) is 23.8 Å². The normalized spacial score (nSPS) is 14.4. The number of aromatic nitrogens is 4. The van der Waals surface area contributed by atoms with Gasteiger partial charge in [-0.3, -0.25) is 10.1 Å². The first kappa shape index (κ1) is 27.8. The first-order valence-electron chi connectivity index (χ1n) is 13.3. The van der Waals surface area contributed by atoms with Gasteiger partial charge in [-0.2, -0.15) is 14.3 Å². The van der Waals surface area contributed by atoms with Crippen molar-refractivity contribution in [3.8, 4) is 0 Å². The molecule has 0 spiro atoms. The number of non-ortho nitro benzene ring substituents is 1. The highest BCUT2D eigenvalue weighted by Crippen LogP contribution is 2.27. The number of thiophene rings is 1. The lowest BCUT2D eigenvalue weighted by Crippen LogP contribution is -2.49. The molecule has 0 radical (unpaired) electrons. The van der Waals surface area contributed by atoms with Crippen molar-refractivity contribution >= 4 is 50.0 Å². The van der Waals surface area contributed by atoms with Crippen molar-refractivity contribution in [3.05, 3.63) is 99.2 Å². The number of hydrogen-bond donors (Lipinski definition) is 1. The summed E-state index contributed by atoms with van der Waals surface area (Å²) in [5.41, 5.74) is 4.37. The molecule has 1 saturated heterocycles. The Hall–Kier alpha value is -4.40. The smallest absolute Gasteiger partial charge is 0.269 e. The monoisotopic (exact) mass is 604 g/mol. The second-order valence-electron chi connectivity index (χ2n) is 10.0. The Labute approximate surface area is 246 Å². The van der Waals surface area contributed by atoms with Gasteiger partial charge < -0.3 is 14.8 Å². The Morgan fingerprint density at radius 3 is 2.36 bits per heavy atom. The Bertz CT molecular complexity index is 1810. The molecule has 0 aliphatic carbocycles. The van der Waals surface area contributed by atoms with Crippen LogP contribution in [0.1, 0.15) is 16.7 Å². The summed E-state index contributed by atoms with van der Waals surface area (Å²) in [7, 11) is -3.53. The second kappa shape index (κ2) is 11.5. The van der Waals surface area contributed by atoms with Crippen LogP contribution in [0, 0.1) is 17.0 Å². The van der Waals surface area contributed by atoms with Gasteiger partial charge in [-0.1, -0.05) is 48.0 Å². The van der Waals surface area contributed by atoms with Crippen molar-refractivity contribution in [2.45, 2.75) is 24.2 Å². The van der Waals surface area contributed by atoms with E-state index in [0.29, 0.717) is 66.4 Å². The number of nitrogens with zero attached hydrogens (tertiary/aromatic N) is 7. The van der Waals surface area contributed by atoms with Crippen LogP contribution in [-0.4, -0.2) is 63.3 Å². The second-order valence-corrected chi connectivity index (χ2v) is 13.1. The number of benzene rings is 2. The minimum atomic E-state index is -3.53. The third-order valence-electron chi connectivity index (χ3n) is 7.14. The first-order valence-corrected chi connectivity index (χ1v) is 15.6. The van der Waals surface area contributed by atoms with Gasteiger partial charge in [0.05, 0.1) is 17.8 Å². The van der Waals surface area contributed by atoms with Crippen LogP contribution in [0.15, 0.2) is 76.6 Å². The summed E-state index contributed by atoms with van der Waals surface area (Å²) in [4.78, 5) is 26.9. The molecule has 1 fully saturated rings. The number of aryl methyl sites for hydroxylation is 1. The lowest BCUT2D eigenvalue weighted by atomic mass is 10.1. The highest BCUT2D eigenvalue weighted by Gasteiger charge is 2.30. The number of fused-ring (bicyclic) bond motifs is 1. The van der Waals surface area contributed by atoms with Gasteiger partial charge in [0.1, 0.15) is 4.21 Å². The maximum absolute atomic E-state index is 13.0. The average molecular weight is 605 g/mol. The Morgan fingerprint density at radius 1 is 0.976 bits per heavy atom. The molecule has 0 bridgehead atoms. The van der Waals surface area contributed by atoms with Gasteiger partial charge in [0.15, 0.2) is 17.0 Å². The van der Waals surface area contributed by atoms with E-state index in [2.05, 4.69) is 34.6 Å².